The smallest absolute Gasteiger partial charge is 0.137 e. The van der Waals surface area contributed by atoms with Crippen LogP contribution in [0, 0.1) is 6.92 Å². The van der Waals surface area contributed by atoms with Gasteiger partial charge in [-0.2, -0.15) is 0 Å². The van der Waals surface area contributed by atoms with Gasteiger partial charge in [-0.15, -0.1) is 0 Å². The van der Waals surface area contributed by atoms with Crippen LogP contribution in [0.5, 0.6) is 0 Å². The van der Waals surface area contributed by atoms with E-state index in [1.165, 1.54) is 0 Å². The molecular weight excluding hydrogens is 270 g/mol. The molecule has 2 heterocycles. The molecule has 0 saturated carbocycles. The van der Waals surface area contributed by atoms with E-state index in [1.807, 2.05) is 48.0 Å². The second-order valence-electron chi connectivity index (χ2n) is 5.11. The Labute approximate surface area is 123 Å². The molecule has 2 rings (SSSR count). The van der Waals surface area contributed by atoms with Gasteiger partial charge in [0.2, 0.25) is 0 Å². The predicted molar refractivity (Wildman–Crippen MR) is 79.1 cm³/mol. The lowest BCUT2D eigenvalue weighted by atomic mass is 10.0. The summed E-state index contributed by atoms with van der Waals surface area (Å²) in [6.07, 6.45) is 1.90. The first-order chi connectivity index (χ1) is 10.1. The summed E-state index contributed by atoms with van der Waals surface area (Å²) in [5, 5.41) is 31.0. The minimum Gasteiger partial charge on any atom is -0.394 e. The van der Waals surface area contributed by atoms with Crippen LogP contribution < -0.4 is 5.32 Å². The van der Waals surface area contributed by atoms with Crippen LogP contribution >= 0.6 is 0 Å². The van der Waals surface area contributed by atoms with Crippen LogP contribution in [0.15, 0.2) is 36.5 Å². The molecule has 6 heteroatoms. The largest absolute Gasteiger partial charge is 0.394 e. The Morgan fingerprint density at radius 2 is 1.81 bits per heavy atom. The Hall–Kier alpha value is -1.73. The molecule has 0 amide bonds. The maximum Gasteiger partial charge on any atom is 0.137 e. The van der Waals surface area contributed by atoms with E-state index >= 15 is 0 Å². The summed E-state index contributed by atoms with van der Waals surface area (Å²) in [6.45, 7) is 1.29. The van der Waals surface area contributed by atoms with Gasteiger partial charge in [0.1, 0.15) is 5.82 Å². The highest BCUT2D eigenvalue weighted by molar-refractivity contribution is 5.29. The van der Waals surface area contributed by atoms with Gasteiger partial charge in [0.25, 0.3) is 0 Å². The zero-order chi connectivity index (χ0) is 15.3. The fourth-order valence-electron chi connectivity index (χ4n) is 2.04. The molecule has 6 nitrogen and oxygen atoms in total. The van der Waals surface area contributed by atoms with Gasteiger partial charge in [-0.05, 0) is 31.2 Å². The molecule has 0 atom stereocenters. The molecule has 4 N–H and O–H groups in total. The predicted octanol–water partition coefficient (Wildman–Crippen LogP) is -0.0140. The Morgan fingerprint density at radius 1 is 1.10 bits per heavy atom. The van der Waals surface area contributed by atoms with E-state index in [0.29, 0.717) is 6.54 Å². The van der Waals surface area contributed by atoms with Gasteiger partial charge >= 0.3 is 0 Å². The summed E-state index contributed by atoms with van der Waals surface area (Å²) in [6, 6.07) is 9.61. The number of hydrogen-bond donors (Lipinski definition) is 4. The standard InChI is InChI=1S/C15H21N3O3/c1-12-4-2-6-14(17-12)18-7-3-5-13(18)8-16-15(9-19,10-20)11-21/h2-7,16,19-21H,8-11H2,1H3. The molecule has 114 valence electrons. The van der Waals surface area contributed by atoms with Gasteiger partial charge in [0.15, 0.2) is 0 Å². The number of pyridine rings is 1. The summed E-state index contributed by atoms with van der Waals surface area (Å²) >= 11 is 0. The lowest BCUT2D eigenvalue weighted by molar-refractivity contribution is 0.0411. The van der Waals surface area contributed by atoms with Crippen LogP contribution in [0.2, 0.25) is 0 Å². The van der Waals surface area contributed by atoms with E-state index in [1.54, 1.807) is 0 Å². The van der Waals surface area contributed by atoms with Crippen molar-refractivity contribution in [2.24, 2.45) is 0 Å². The summed E-state index contributed by atoms with van der Waals surface area (Å²) in [5.41, 5.74) is 0.762. The van der Waals surface area contributed by atoms with Gasteiger partial charge in [0, 0.05) is 24.1 Å². The normalized spacial score (nSPS) is 11.8. The van der Waals surface area contributed by atoms with Crippen molar-refractivity contribution in [1.29, 1.82) is 0 Å². The Kier molecular flexibility index (Phi) is 5.08. The van der Waals surface area contributed by atoms with Gasteiger partial charge in [-0.1, -0.05) is 6.07 Å². The SMILES string of the molecule is Cc1cccc(-n2cccc2CNC(CO)(CO)CO)n1. The van der Waals surface area contributed by atoms with Crippen LogP contribution in [-0.4, -0.2) is 50.2 Å². The maximum atomic E-state index is 9.33. The molecule has 0 aliphatic carbocycles. The number of nitrogens with one attached hydrogen (secondary N) is 1. The summed E-state index contributed by atoms with van der Waals surface area (Å²) < 4.78 is 1.93. The number of aliphatic hydroxyl groups excluding tert-OH is 3. The third-order valence-corrected chi connectivity index (χ3v) is 3.51. The first-order valence-electron chi connectivity index (χ1n) is 6.82. The van der Waals surface area contributed by atoms with E-state index in [9.17, 15) is 15.3 Å². The van der Waals surface area contributed by atoms with E-state index in [0.717, 1.165) is 17.2 Å². The fraction of sp³-hybridized carbons (Fsp3) is 0.400. The lowest BCUT2D eigenvalue weighted by Gasteiger charge is -2.29. The number of aromatic nitrogens is 2. The quantitative estimate of drug-likeness (QED) is 0.576. The second kappa shape index (κ2) is 6.82. The van der Waals surface area contributed by atoms with E-state index < -0.39 is 5.54 Å². The average molecular weight is 291 g/mol. The Bertz CT molecular complexity index is 571. The minimum atomic E-state index is -1.09. The molecule has 2 aromatic heterocycles. The molecule has 0 spiro atoms. The maximum absolute atomic E-state index is 9.33. The molecule has 0 aliphatic rings. The van der Waals surface area contributed by atoms with E-state index in [-0.39, 0.29) is 19.8 Å². The topological polar surface area (TPSA) is 90.5 Å². The van der Waals surface area contributed by atoms with Crippen molar-refractivity contribution in [3.8, 4) is 5.82 Å². The van der Waals surface area contributed by atoms with Crippen molar-refractivity contribution in [2.45, 2.75) is 19.0 Å². The number of rotatable bonds is 7. The van der Waals surface area contributed by atoms with Gasteiger partial charge in [-0.3, -0.25) is 5.32 Å². The van der Waals surface area contributed by atoms with Crippen molar-refractivity contribution < 1.29 is 15.3 Å². The highest BCUT2D eigenvalue weighted by Gasteiger charge is 2.27. The van der Waals surface area contributed by atoms with Gasteiger partial charge < -0.3 is 19.9 Å². The second-order valence-corrected chi connectivity index (χ2v) is 5.11. The average Bonchev–Trinajstić information content (AvgIpc) is 2.98. The zero-order valence-corrected chi connectivity index (χ0v) is 12.0. The van der Waals surface area contributed by atoms with Gasteiger partial charge in [0.05, 0.1) is 25.4 Å². The first-order valence-corrected chi connectivity index (χ1v) is 6.82. The molecule has 2 aromatic rings. The summed E-state index contributed by atoms with van der Waals surface area (Å²) in [5.74, 6) is 0.805. The van der Waals surface area contributed by atoms with Crippen LogP contribution in [0.25, 0.3) is 5.82 Å². The number of aryl methyl sites for hydroxylation is 1. The molecule has 0 aromatic carbocycles. The molecular formula is C15H21N3O3. The Morgan fingerprint density at radius 3 is 2.43 bits per heavy atom. The third-order valence-electron chi connectivity index (χ3n) is 3.51. The van der Waals surface area contributed by atoms with Crippen LogP contribution in [-0.2, 0) is 6.54 Å². The first kappa shape index (κ1) is 15.7. The minimum absolute atomic E-state index is 0.344. The van der Waals surface area contributed by atoms with E-state index in [2.05, 4.69) is 10.3 Å². The van der Waals surface area contributed by atoms with Crippen molar-refractivity contribution >= 4 is 0 Å². The lowest BCUT2D eigenvalue weighted by Crippen LogP contribution is -2.54. The zero-order valence-electron chi connectivity index (χ0n) is 12.0. The van der Waals surface area contributed by atoms with Crippen molar-refractivity contribution in [3.05, 3.63) is 47.9 Å². The van der Waals surface area contributed by atoms with Crippen LogP contribution in [0.1, 0.15) is 11.4 Å². The number of aliphatic hydroxyl groups is 3. The molecule has 21 heavy (non-hydrogen) atoms. The van der Waals surface area contributed by atoms with E-state index in [4.69, 9.17) is 0 Å². The van der Waals surface area contributed by atoms with Crippen molar-refractivity contribution in [3.63, 3.8) is 0 Å². The monoisotopic (exact) mass is 291 g/mol. The van der Waals surface area contributed by atoms with Crippen LogP contribution in [0.3, 0.4) is 0 Å². The fourth-order valence-corrected chi connectivity index (χ4v) is 2.04. The highest BCUT2D eigenvalue weighted by atomic mass is 16.3. The van der Waals surface area contributed by atoms with Crippen molar-refractivity contribution in [2.75, 3.05) is 19.8 Å². The molecule has 0 unspecified atom stereocenters. The number of nitrogens with zero attached hydrogens (tertiary/aromatic N) is 2. The van der Waals surface area contributed by atoms with Gasteiger partial charge in [-0.25, -0.2) is 4.98 Å². The summed E-state index contributed by atoms with van der Waals surface area (Å²) in [4.78, 5) is 4.47. The molecule has 0 fully saturated rings. The number of hydrogen-bond acceptors (Lipinski definition) is 5. The molecule has 0 bridgehead atoms. The Balaban J connectivity index is 2.18. The molecule has 0 aliphatic heterocycles. The summed E-state index contributed by atoms with van der Waals surface area (Å²) in [7, 11) is 0. The van der Waals surface area contributed by atoms with Crippen LogP contribution in [0.4, 0.5) is 0 Å². The third kappa shape index (κ3) is 3.48. The molecule has 0 saturated heterocycles. The molecule has 0 radical (unpaired) electrons. The highest BCUT2D eigenvalue weighted by Crippen LogP contribution is 2.12. The van der Waals surface area contributed by atoms with Crippen molar-refractivity contribution in [1.82, 2.24) is 14.9 Å².